The number of carbonyl (C=O) groups is 1. The topological polar surface area (TPSA) is 103 Å². The predicted molar refractivity (Wildman–Crippen MR) is 121 cm³/mol. The van der Waals surface area contributed by atoms with Crippen LogP contribution in [-0.2, 0) is 0 Å². The number of nitrogens with one attached hydrogen (secondary N) is 3. The second-order valence-electron chi connectivity index (χ2n) is 6.05. The van der Waals surface area contributed by atoms with Crippen molar-refractivity contribution in [1.82, 2.24) is 9.97 Å². The first-order valence-electron chi connectivity index (χ1n) is 8.71. The molecule has 0 aliphatic rings. The molecule has 3 N–H and O–H groups in total. The third-order valence-electron chi connectivity index (χ3n) is 4.01. The fourth-order valence-corrected chi connectivity index (χ4v) is 3.07. The highest BCUT2D eigenvalue weighted by molar-refractivity contribution is 6.35. The van der Waals surface area contributed by atoms with Gasteiger partial charge in [-0.15, -0.1) is 6.42 Å². The predicted octanol–water partition coefficient (Wildman–Crippen LogP) is 5.01. The van der Waals surface area contributed by atoms with Gasteiger partial charge in [0.05, 0.1) is 33.7 Å². The van der Waals surface area contributed by atoms with Gasteiger partial charge in [0.1, 0.15) is 11.5 Å². The second-order valence-corrected chi connectivity index (χ2v) is 6.87. The van der Waals surface area contributed by atoms with Gasteiger partial charge in [0.2, 0.25) is 5.95 Å². The molecular weight excluding hydrogens is 461 g/mol. The number of hydrazone groups is 1. The fraction of sp³-hybridized carbons (Fsp3) is 0. The van der Waals surface area contributed by atoms with Gasteiger partial charge in [-0.3, -0.25) is 10.2 Å². The van der Waals surface area contributed by atoms with E-state index in [9.17, 15) is 13.6 Å². The maximum absolute atomic E-state index is 14.8. The number of benzene rings is 1. The SMILES string of the molecule is C#Cc1nc(F)ccc1-c1cc(Cl)c(C(=O)Nc2cnc(N/N=C\C=N)c(Cl)c2)cc1F. The number of carbonyl (C=O) groups excluding carboxylic acids is 1. The summed E-state index contributed by atoms with van der Waals surface area (Å²) in [6, 6.07) is 5.86. The minimum absolute atomic E-state index is 0.0300. The molecule has 0 aliphatic heterocycles. The molecule has 7 nitrogen and oxygen atoms in total. The average Bonchev–Trinajstić information content (AvgIpc) is 2.76. The smallest absolute Gasteiger partial charge is 0.257 e. The average molecular weight is 473 g/mol. The Bertz CT molecular complexity index is 1290. The number of nitrogens with zero attached hydrogens (tertiary/aromatic N) is 3. The number of rotatable bonds is 6. The van der Waals surface area contributed by atoms with E-state index in [1.54, 1.807) is 0 Å². The first-order valence-corrected chi connectivity index (χ1v) is 9.47. The number of pyridine rings is 2. The zero-order valence-corrected chi connectivity index (χ0v) is 17.5. The third-order valence-corrected chi connectivity index (χ3v) is 4.61. The highest BCUT2D eigenvalue weighted by Crippen LogP contribution is 2.31. The molecule has 2 aromatic heterocycles. The van der Waals surface area contributed by atoms with Gasteiger partial charge in [-0.1, -0.05) is 23.2 Å². The molecule has 0 unspecified atom stereocenters. The Balaban J connectivity index is 1.86. The Morgan fingerprint density at radius 1 is 1.19 bits per heavy atom. The lowest BCUT2D eigenvalue weighted by Gasteiger charge is -2.11. The zero-order chi connectivity index (χ0) is 23.3. The minimum atomic E-state index is -0.806. The molecule has 0 atom stereocenters. The van der Waals surface area contributed by atoms with Crippen LogP contribution < -0.4 is 10.7 Å². The summed E-state index contributed by atoms with van der Waals surface area (Å²) in [6.45, 7) is 0. The molecule has 0 aliphatic carbocycles. The number of anilines is 2. The van der Waals surface area contributed by atoms with Gasteiger partial charge < -0.3 is 10.7 Å². The van der Waals surface area contributed by atoms with E-state index in [2.05, 4.69) is 31.7 Å². The van der Waals surface area contributed by atoms with E-state index in [0.717, 1.165) is 18.3 Å². The van der Waals surface area contributed by atoms with Crippen LogP contribution in [0.3, 0.4) is 0 Å². The van der Waals surface area contributed by atoms with Crippen LogP contribution in [0.2, 0.25) is 10.0 Å². The highest BCUT2D eigenvalue weighted by Gasteiger charge is 2.19. The number of halogens is 4. The third kappa shape index (κ3) is 5.06. The summed E-state index contributed by atoms with van der Waals surface area (Å²) in [5.74, 6) is 0.0746. The van der Waals surface area contributed by atoms with Crippen LogP contribution in [0.25, 0.3) is 11.1 Å². The molecule has 0 fully saturated rings. The monoisotopic (exact) mass is 472 g/mol. The van der Waals surface area contributed by atoms with Gasteiger partial charge >= 0.3 is 0 Å². The number of terminal acetylenes is 1. The normalized spacial score (nSPS) is 10.6. The fourth-order valence-electron chi connectivity index (χ4n) is 2.61. The zero-order valence-electron chi connectivity index (χ0n) is 16.0. The Morgan fingerprint density at radius 2 is 1.97 bits per heavy atom. The number of hydrogen-bond donors (Lipinski definition) is 3. The lowest BCUT2D eigenvalue weighted by Crippen LogP contribution is -2.13. The van der Waals surface area contributed by atoms with E-state index in [-0.39, 0.29) is 43.9 Å². The van der Waals surface area contributed by atoms with Crippen molar-refractivity contribution >= 4 is 53.0 Å². The first kappa shape index (κ1) is 22.8. The Labute approximate surface area is 191 Å². The van der Waals surface area contributed by atoms with E-state index in [1.807, 2.05) is 0 Å². The Kier molecular flexibility index (Phi) is 7.10. The molecule has 2 heterocycles. The number of hydrogen-bond acceptors (Lipinski definition) is 6. The number of aromatic nitrogens is 2. The van der Waals surface area contributed by atoms with Crippen LogP contribution in [-0.4, -0.2) is 28.3 Å². The highest BCUT2D eigenvalue weighted by atomic mass is 35.5. The van der Waals surface area contributed by atoms with Crippen LogP contribution in [0.4, 0.5) is 20.3 Å². The van der Waals surface area contributed by atoms with Crippen molar-refractivity contribution < 1.29 is 13.6 Å². The summed E-state index contributed by atoms with van der Waals surface area (Å²) < 4.78 is 28.1. The quantitative estimate of drug-likeness (QED) is 0.203. The summed E-state index contributed by atoms with van der Waals surface area (Å²) in [5, 5.41) is 13.1. The van der Waals surface area contributed by atoms with Gasteiger partial charge in [0.25, 0.3) is 5.91 Å². The van der Waals surface area contributed by atoms with Gasteiger partial charge in [0.15, 0.2) is 5.82 Å². The molecule has 11 heteroatoms. The molecule has 0 saturated heterocycles. The molecule has 0 radical (unpaired) electrons. The lowest BCUT2D eigenvalue weighted by atomic mass is 10.0. The van der Waals surface area contributed by atoms with Gasteiger partial charge in [-0.05, 0) is 36.3 Å². The summed E-state index contributed by atoms with van der Waals surface area (Å²) in [6.07, 6.45) is 8.77. The lowest BCUT2D eigenvalue weighted by molar-refractivity contribution is 0.102. The molecule has 32 heavy (non-hydrogen) atoms. The summed E-state index contributed by atoms with van der Waals surface area (Å²) in [7, 11) is 0. The Hall–Kier alpha value is -3.87. The van der Waals surface area contributed by atoms with E-state index in [4.69, 9.17) is 35.0 Å². The molecule has 3 aromatic rings. The van der Waals surface area contributed by atoms with Crippen molar-refractivity contribution in [3.8, 4) is 23.5 Å². The second kappa shape index (κ2) is 9.96. The van der Waals surface area contributed by atoms with Crippen molar-refractivity contribution in [1.29, 1.82) is 5.41 Å². The van der Waals surface area contributed by atoms with Crippen LogP contribution >= 0.6 is 23.2 Å². The number of amides is 1. The maximum atomic E-state index is 14.8. The van der Waals surface area contributed by atoms with Crippen LogP contribution in [0, 0.1) is 29.5 Å². The largest absolute Gasteiger partial charge is 0.320 e. The van der Waals surface area contributed by atoms with Gasteiger partial charge in [0, 0.05) is 17.3 Å². The standard InChI is InChI=1S/C21H12Cl2F2N6O/c1-2-18-12(3-4-19(25)30-18)13-8-15(22)14(9-17(13)24)21(32)29-11-7-16(23)20(27-10-11)31-28-6-5-26/h1,3-10,26H,(H,27,31)(H,29,32)/b26-5?,28-6-. The summed E-state index contributed by atoms with van der Waals surface area (Å²) in [4.78, 5) is 20.2. The molecule has 0 bridgehead atoms. The van der Waals surface area contributed by atoms with Crippen molar-refractivity contribution in [3.05, 3.63) is 69.6 Å². The van der Waals surface area contributed by atoms with E-state index < -0.39 is 17.7 Å². The van der Waals surface area contributed by atoms with Crippen LogP contribution in [0.1, 0.15) is 16.1 Å². The molecule has 0 spiro atoms. The Morgan fingerprint density at radius 3 is 2.66 bits per heavy atom. The van der Waals surface area contributed by atoms with Crippen molar-refractivity contribution in [3.63, 3.8) is 0 Å². The minimum Gasteiger partial charge on any atom is -0.320 e. The molecule has 1 aromatic carbocycles. The van der Waals surface area contributed by atoms with Crippen molar-refractivity contribution in [2.24, 2.45) is 5.10 Å². The van der Waals surface area contributed by atoms with Gasteiger partial charge in [-0.25, -0.2) is 14.4 Å². The van der Waals surface area contributed by atoms with Crippen LogP contribution in [0.5, 0.6) is 0 Å². The van der Waals surface area contributed by atoms with E-state index in [0.29, 0.717) is 0 Å². The van der Waals surface area contributed by atoms with E-state index >= 15 is 0 Å². The molecule has 1 amide bonds. The van der Waals surface area contributed by atoms with Crippen molar-refractivity contribution in [2.45, 2.75) is 0 Å². The maximum Gasteiger partial charge on any atom is 0.257 e. The summed E-state index contributed by atoms with van der Waals surface area (Å²) >= 11 is 12.3. The molecular formula is C21H12Cl2F2N6O. The van der Waals surface area contributed by atoms with Crippen molar-refractivity contribution in [2.75, 3.05) is 10.7 Å². The molecule has 3 rings (SSSR count). The van der Waals surface area contributed by atoms with Gasteiger partial charge in [-0.2, -0.15) is 9.49 Å². The first-order chi connectivity index (χ1) is 15.3. The molecule has 160 valence electrons. The summed E-state index contributed by atoms with van der Waals surface area (Å²) in [5.41, 5.74) is 2.62. The van der Waals surface area contributed by atoms with Crippen LogP contribution in [0.15, 0.2) is 41.6 Å². The molecule has 0 saturated carbocycles. The van der Waals surface area contributed by atoms with E-state index in [1.165, 1.54) is 30.6 Å².